The Labute approximate surface area is 156 Å². The lowest BCUT2D eigenvalue weighted by atomic mass is 10.1. The summed E-state index contributed by atoms with van der Waals surface area (Å²) in [5.41, 5.74) is 6.00. The van der Waals surface area contributed by atoms with Gasteiger partial charge in [-0.25, -0.2) is 15.0 Å². The van der Waals surface area contributed by atoms with Gasteiger partial charge in [-0.2, -0.15) is 13.2 Å². The minimum absolute atomic E-state index is 0.0955. The molecule has 0 radical (unpaired) electrons. The molecule has 7 nitrogen and oxygen atoms in total. The Balaban J connectivity index is 1.78. The van der Waals surface area contributed by atoms with Crippen molar-refractivity contribution >= 4 is 22.4 Å². The smallest absolute Gasteiger partial charge is 0.398 e. The zero-order valence-corrected chi connectivity index (χ0v) is 14.9. The molecule has 3 heterocycles. The molecule has 0 aliphatic heterocycles. The molecule has 0 amide bonds. The van der Waals surface area contributed by atoms with Crippen molar-refractivity contribution < 1.29 is 13.2 Å². The molecule has 1 aromatic carbocycles. The second-order valence-corrected chi connectivity index (χ2v) is 6.57. The third kappa shape index (κ3) is 2.96. The van der Waals surface area contributed by atoms with E-state index in [0.717, 1.165) is 23.4 Å². The molecule has 3 N–H and O–H groups in total. The van der Waals surface area contributed by atoms with Gasteiger partial charge in [-0.3, -0.25) is 9.20 Å². The average molecular weight is 388 g/mol. The number of anilines is 1. The highest BCUT2D eigenvalue weighted by molar-refractivity contribution is 5.83. The van der Waals surface area contributed by atoms with Crippen LogP contribution in [0.25, 0.3) is 16.7 Å². The molecule has 0 spiro atoms. The van der Waals surface area contributed by atoms with E-state index < -0.39 is 23.0 Å². The lowest BCUT2D eigenvalue weighted by Crippen LogP contribution is -2.15. The molecule has 0 fully saturated rings. The van der Waals surface area contributed by atoms with Gasteiger partial charge in [0.05, 0.1) is 22.2 Å². The highest BCUT2D eigenvalue weighted by Crippen LogP contribution is 2.35. The van der Waals surface area contributed by atoms with Crippen LogP contribution < -0.4 is 11.3 Å². The van der Waals surface area contributed by atoms with Crippen LogP contribution in [0.4, 0.5) is 18.9 Å². The molecule has 10 heteroatoms. The molecular formula is C18H15F3N6O. The molecule has 0 aliphatic rings. The van der Waals surface area contributed by atoms with Crippen LogP contribution in [0.5, 0.6) is 0 Å². The van der Waals surface area contributed by atoms with E-state index >= 15 is 0 Å². The Morgan fingerprint density at radius 2 is 1.96 bits per heavy atom. The van der Waals surface area contributed by atoms with E-state index in [1.165, 1.54) is 0 Å². The van der Waals surface area contributed by atoms with E-state index in [1.54, 1.807) is 12.4 Å². The number of imidazole rings is 1. The van der Waals surface area contributed by atoms with Crippen LogP contribution in [0.3, 0.4) is 0 Å². The maximum absolute atomic E-state index is 13.0. The predicted octanol–water partition coefficient (Wildman–Crippen LogP) is 2.77. The van der Waals surface area contributed by atoms with Crippen LogP contribution in [-0.4, -0.2) is 24.3 Å². The molecule has 0 saturated heterocycles. The molecule has 28 heavy (non-hydrogen) atoms. The predicted molar refractivity (Wildman–Crippen MR) is 97.0 cm³/mol. The minimum Gasteiger partial charge on any atom is -0.398 e. The molecule has 0 saturated carbocycles. The first-order valence-corrected chi connectivity index (χ1v) is 8.33. The number of nitrogen functional groups attached to an aromatic ring is 1. The minimum atomic E-state index is -4.65. The number of H-pyrrole nitrogens is 1. The molecule has 144 valence electrons. The monoisotopic (exact) mass is 388 g/mol. The summed E-state index contributed by atoms with van der Waals surface area (Å²) in [6.07, 6.45) is -0.953. The van der Waals surface area contributed by atoms with Gasteiger partial charge in [-0.15, -0.1) is 0 Å². The van der Waals surface area contributed by atoms with E-state index in [0.29, 0.717) is 11.5 Å². The molecule has 0 unspecified atom stereocenters. The zero-order chi connectivity index (χ0) is 20.2. The summed E-state index contributed by atoms with van der Waals surface area (Å²) in [7, 11) is 0. The maximum Gasteiger partial charge on any atom is 0.418 e. The number of aromatic amines is 1. The first-order chi connectivity index (χ1) is 13.1. The number of hydrogen-bond acceptors (Lipinski definition) is 5. The van der Waals surface area contributed by atoms with Crippen LogP contribution in [-0.2, 0) is 12.6 Å². The molecule has 4 aromatic rings. The van der Waals surface area contributed by atoms with Crippen molar-refractivity contribution in [2.24, 2.45) is 0 Å². The Morgan fingerprint density at radius 3 is 2.68 bits per heavy atom. The van der Waals surface area contributed by atoms with Gasteiger partial charge in [0.15, 0.2) is 0 Å². The molecule has 0 atom stereocenters. The van der Waals surface area contributed by atoms with Crippen LogP contribution in [0.1, 0.15) is 28.3 Å². The third-order valence-corrected chi connectivity index (χ3v) is 4.62. The summed E-state index contributed by atoms with van der Waals surface area (Å²) in [6, 6.07) is 1.79. The number of nitrogens with one attached hydrogen (secondary N) is 1. The second kappa shape index (κ2) is 6.04. The van der Waals surface area contributed by atoms with E-state index in [9.17, 15) is 18.0 Å². The van der Waals surface area contributed by atoms with Crippen LogP contribution in [0.15, 0.2) is 29.3 Å². The number of nitrogens with two attached hydrogens (primary N) is 1. The topological polar surface area (TPSA) is 102 Å². The fraction of sp³-hybridized carbons (Fsp3) is 0.222. The average Bonchev–Trinajstić information content (AvgIpc) is 3.00. The van der Waals surface area contributed by atoms with Gasteiger partial charge in [0.2, 0.25) is 5.78 Å². The van der Waals surface area contributed by atoms with Gasteiger partial charge in [0.1, 0.15) is 5.82 Å². The number of hydrogen-bond donors (Lipinski definition) is 2. The van der Waals surface area contributed by atoms with Crippen molar-refractivity contribution in [3.8, 4) is 0 Å². The van der Waals surface area contributed by atoms with Gasteiger partial charge in [-0.1, -0.05) is 0 Å². The van der Waals surface area contributed by atoms with Crippen molar-refractivity contribution in [2.45, 2.75) is 26.4 Å². The maximum atomic E-state index is 13.0. The van der Waals surface area contributed by atoms with Gasteiger partial charge < -0.3 is 10.7 Å². The van der Waals surface area contributed by atoms with E-state index in [4.69, 9.17) is 5.73 Å². The third-order valence-electron chi connectivity index (χ3n) is 4.62. The van der Waals surface area contributed by atoms with Gasteiger partial charge in [0, 0.05) is 30.2 Å². The number of aromatic nitrogens is 5. The summed E-state index contributed by atoms with van der Waals surface area (Å²) < 4.78 is 40.9. The highest BCUT2D eigenvalue weighted by Gasteiger charge is 2.33. The lowest BCUT2D eigenvalue weighted by Gasteiger charge is -2.11. The van der Waals surface area contributed by atoms with Crippen molar-refractivity contribution in [3.63, 3.8) is 0 Å². The summed E-state index contributed by atoms with van der Waals surface area (Å²) in [4.78, 5) is 27.7. The van der Waals surface area contributed by atoms with Crippen molar-refractivity contribution in [2.75, 3.05) is 5.73 Å². The summed E-state index contributed by atoms with van der Waals surface area (Å²) in [5, 5.41) is -0.173. The highest BCUT2D eigenvalue weighted by atomic mass is 19.4. The van der Waals surface area contributed by atoms with E-state index in [2.05, 4.69) is 19.9 Å². The Hall–Kier alpha value is -3.43. The SMILES string of the molecule is Cc1cnc2nc(Cc3nc4cc(N)c(C(F)(F)F)cc4c(=O)[nH]3)cn2c1C. The molecule has 0 aliphatic carbocycles. The number of alkyl halides is 3. The zero-order valence-electron chi connectivity index (χ0n) is 14.9. The first-order valence-electron chi connectivity index (χ1n) is 8.33. The number of nitrogens with zero attached hydrogens (tertiary/aromatic N) is 4. The Bertz CT molecular complexity index is 1290. The second-order valence-electron chi connectivity index (χ2n) is 6.57. The molecule has 4 rings (SSSR count). The standard InChI is InChI=1S/C18H15F3N6O/c1-8-6-23-17-24-10(7-27(17)9(8)2)3-15-25-14-5-13(22)12(18(19,20)21)4-11(14)16(28)26-15/h4-7H,3,22H2,1-2H3,(H,25,26,28). The first kappa shape index (κ1) is 18.0. The number of fused-ring (bicyclic) bond motifs is 2. The van der Waals surface area contributed by atoms with Crippen molar-refractivity contribution in [3.05, 3.63) is 63.2 Å². The normalized spacial score (nSPS) is 12.2. The van der Waals surface area contributed by atoms with Crippen molar-refractivity contribution in [1.82, 2.24) is 24.3 Å². The van der Waals surface area contributed by atoms with Gasteiger partial charge in [0.25, 0.3) is 5.56 Å². The fourth-order valence-electron chi connectivity index (χ4n) is 3.03. The van der Waals surface area contributed by atoms with Gasteiger partial charge in [-0.05, 0) is 31.5 Å². The van der Waals surface area contributed by atoms with Gasteiger partial charge >= 0.3 is 6.18 Å². The number of rotatable bonds is 2. The van der Waals surface area contributed by atoms with E-state index in [-0.39, 0.29) is 23.1 Å². The number of aryl methyl sites for hydroxylation is 2. The summed E-state index contributed by atoms with van der Waals surface area (Å²) >= 11 is 0. The fourth-order valence-corrected chi connectivity index (χ4v) is 3.03. The van der Waals surface area contributed by atoms with Crippen LogP contribution in [0.2, 0.25) is 0 Å². The lowest BCUT2D eigenvalue weighted by molar-refractivity contribution is -0.136. The largest absolute Gasteiger partial charge is 0.418 e. The summed E-state index contributed by atoms with van der Waals surface area (Å²) in [6.45, 7) is 3.87. The molecular weight excluding hydrogens is 373 g/mol. The number of halogens is 3. The Kier molecular flexibility index (Phi) is 3.88. The molecule has 0 bridgehead atoms. The van der Waals surface area contributed by atoms with E-state index in [1.807, 2.05) is 18.2 Å². The van der Waals surface area contributed by atoms with Crippen molar-refractivity contribution in [1.29, 1.82) is 0 Å². The summed E-state index contributed by atoms with van der Waals surface area (Å²) in [5.74, 6) is 0.787. The molecule has 3 aromatic heterocycles. The van der Waals surface area contributed by atoms with Crippen LogP contribution in [0, 0.1) is 13.8 Å². The Morgan fingerprint density at radius 1 is 1.21 bits per heavy atom. The van der Waals surface area contributed by atoms with Crippen LogP contribution >= 0.6 is 0 Å². The number of benzene rings is 1. The quantitative estimate of drug-likeness (QED) is 0.514.